The second kappa shape index (κ2) is 5.09. The number of hydrogen-bond donors (Lipinski definition) is 1. The summed E-state index contributed by atoms with van der Waals surface area (Å²) in [5.74, 6) is 0.986. The SMILES string of the molecule is c1ccc2c(c1)OCCC2Nc1ccnc2ccccc12. The van der Waals surface area contributed by atoms with E-state index in [1.165, 1.54) is 5.56 Å². The van der Waals surface area contributed by atoms with Crippen molar-refractivity contribution in [3.8, 4) is 5.75 Å². The van der Waals surface area contributed by atoms with Crippen molar-refractivity contribution in [1.29, 1.82) is 0 Å². The highest BCUT2D eigenvalue weighted by Gasteiger charge is 2.21. The number of anilines is 1. The molecule has 1 aliphatic heterocycles. The molecular weight excluding hydrogens is 260 g/mol. The van der Waals surface area contributed by atoms with Crippen molar-refractivity contribution in [1.82, 2.24) is 4.98 Å². The van der Waals surface area contributed by atoms with Crippen LogP contribution in [0.4, 0.5) is 5.69 Å². The average Bonchev–Trinajstić information content (AvgIpc) is 2.56. The zero-order valence-corrected chi connectivity index (χ0v) is 11.6. The van der Waals surface area contributed by atoms with Crippen LogP contribution in [0.25, 0.3) is 10.9 Å². The maximum atomic E-state index is 5.73. The van der Waals surface area contributed by atoms with Gasteiger partial charge >= 0.3 is 0 Å². The normalized spacial score (nSPS) is 17.0. The van der Waals surface area contributed by atoms with Crippen molar-refractivity contribution < 1.29 is 4.74 Å². The highest BCUT2D eigenvalue weighted by molar-refractivity contribution is 5.91. The van der Waals surface area contributed by atoms with Crippen LogP contribution in [0.5, 0.6) is 5.75 Å². The van der Waals surface area contributed by atoms with Gasteiger partial charge in [-0.3, -0.25) is 4.98 Å². The van der Waals surface area contributed by atoms with E-state index in [1.54, 1.807) is 0 Å². The summed E-state index contributed by atoms with van der Waals surface area (Å²) in [6.45, 7) is 0.748. The van der Waals surface area contributed by atoms with Gasteiger partial charge in [-0.25, -0.2) is 0 Å². The van der Waals surface area contributed by atoms with Gasteiger partial charge in [0.15, 0.2) is 0 Å². The molecule has 3 nitrogen and oxygen atoms in total. The van der Waals surface area contributed by atoms with Crippen LogP contribution in [-0.4, -0.2) is 11.6 Å². The number of pyridine rings is 1. The number of fused-ring (bicyclic) bond motifs is 2. The lowest BCUT2D eigenvalue weighted by atomic mass is 10.00. The summed E-state index contributed by atoms with van der Waals surface area (Å²) in [5, 5.41) is 4.82. The molecule has 3 aromatic rings. The third-order valence-electron chi connectivity index (χ3n) is 3.94. The minimum atomic E-state index is 0.278. The Labute approximate surface area is 123 Å². The van der Waals surface area contributed by atoms with Gasteiger partial charge in [-0.05, 0) is 18.2 Å². The van der Waals surface area contributed by atoms with Crippen molar-refractivity contribution in [2.75, 3.05) is 11.9 Å². The summed E-state index contributed by atoms with van der Waals surface area (Å²) < 4.78 is 5.73. The van der Waals surface area contributed by atoms with Gasteiger partial charge in [0.05, 0.1) is 18.2 Å². The van der Waals surface area contributed by atoms with Gasteiger partial charge in [0.2, 0.25) is 0 Å². The summed E-state index contributed by atoms with van der Waals surface area (Å²) in [6, 6.07) is 18.8. The van der Waals surface area contributed by atoms with E-state index in [4.69, 9.17) is 4.74 Å². The number of para-hydroxylation sites is 2. The van der Waals surface area contributed by atoms with E-state index in [1.807, 2.05) is 42.6 Å². The number of ether oxygens (including phenoxy) is 1. The number of hydrogen-bond acceptors (Lipinski definition) is 3. The van der Waals surface area contributed by atoms with Crippen LogP contribution >= 0.6 is 0 Å². The predicted molar refractivity (Wildman–Crippen MR) is 84.7 cm³/mol. The lowest BCUT2D eigenvalue weighted by molar-refractivity contribution is 0.274. The van der Waals surface area contributed by atoms with Gasteiger partial charge in [-0.15, -0.1) is 0 Å². The lowest BCUT2D eigenvalue weighted by Gasteiger charge is -2.27. The molecule has 1 aliphatic rings. The van der Waals surface area contributed by atoms with Crippen molar-refractivity contribution >= 4 is 16.6 Å². The fraction of sp³-hybridized carbons (Fsp3) is 0.167. The minimum absolute atomic E-state index is 0.278. The lowest BCUT2D eigenvalue weighted by Crippen LogP contribution is -2.20. The first-order valence-corrected chi connectivity index (χ1v) is 7.24. The molecule has 0 amide bonds. The third-order valence-corrected chi connectivity index (χ3v) is 3.94. The fourth-order valence-corrected chi connectivity index (χ4v) is 2.90. The largest absolute Gasteiger partial charge is 0.493 e. The molecule has 0 spiro atoms. The summed E-state index contributed by atoms with van der Waals surface area (Å²) in [5.41, 5.74) is 3.37. The summed E-state index contributed by atoms with van der Waals surface area (Å²) in [6.07, 6.45) is 2.82. The maximum Gasteiger partial charge on any atom is 0.124 e. The van der Waals surface area contributed by atoms with E-state index in [0.717, 1.165) is 35.4 Å². The first-order chi connectivity index (χ1) is 10.4. The molecule has 0 fully saturated rings. The van der Waals surface area contributed by atoms with Crippen LogP contribution < -0.4 is 10.1 Å². The molecule has 1 atom stereocenters. The molecule has 3 heteroatoms. The van der Waals surface area contributed by atoms with Crippen LogP contribution in [-0.2, 0) is 0 Å². The summed E-state index contributed by atoms with van der Waals surface area (Å²) in [7, 11) is 0. The first-order valence-electron chi connectivity index (χ1n) is 7.24. The van der Waals surface area contributed by atoms with Crippen molar-refractivity contribution in [2.24, 2.45) is 0 Å². The van der Waals surface area contributed by atoms with Crippen LogP contribution in [0.1, 0.15) is 18.0 Å². The molecule has 104 valence electrons. The van der Waals surface area contributed by atoms with E-state index in [9.17, 15) is 0 Å². The van der Waals surface area contributed by atoms with Crippen molar-refractivity contribution in [2.45, 2.75) is 12.5 Å². The Morgan fingerprint density at radius 3 is 2.86 bits per heavy atom. The van der Waals surface area contributed by atoms with Gasteiger partial charge in [0, 0.05) is 29.3 Å². The molecule has 21 heavy (non-hydrogen) atoms. The summed E-state index contributed by atoms with van der Waals surface area (Å²) >= 11 is 0. The van der Waals surface area contributed by atoms with Crippen LogP contribution in [0.15, 0.2) is 60.8 Å². The molecular formula is C18H16N2O. The van der Waals surface area contributed by atoms with Gasteiger partial charge in [-0.1, -0.05) is 36.4 Å². The molecule has 1 aromatic heterocycles. The Kier molecular flexibility index (Phi) is 2.96. The predicted octanol–water partition coefficient (Wildman–Crippen LogP) is 4.17. The van der Waals surface area contributed by atoms with Gasteiger partial charge in [0.25, 0.3) is 0 Å². The molecule has 2 aromatic carbocycles. The van der Waals surface area contributed by atoms with E-state index in [0.29, 0.717) is 0 Å². The first kappa shape index (κ1) is 12.2. The quantitative estimate of drug-likeness (QED) is 0.762. The number of nitrogens with one attached hydrogen (secondary N) is 1. The molecule has 2 heterocycles. The summed E-state index contributed by atoms with van der Waals surface area (Å²) in [4.78, 5) is 4.41. The van der Waals surface area contributed by atoms with Crippen LogP contribution in [0, 0.1) is 0 Å². The molecule has 0 radical (unpaired) electrons. The molecule has 0 saturated heterocycles. The Morgan fingerprint density at radius 1 is 1.00 bits per heavy atom. The average molecular weight is 276 g/mol. The number of aromatic nitrogens is 1. The zero-order valence-electron chi connectivity index (χ0n) is 11.6. The second-order valence-corrected chi connectivity index (χ2v) is 5.25. The minimum Gasteiger partial charge on any atom is -0.493 e. The fourth-order valence-electron chi connectivity index (χ4n) is 2.90. The zero-order chi connectivity index (χ0) is 14.1. The van der Waals surface area contributed by atoms with Crippen molar-refractivity contribution in [3.05, 3.63) is 66.4 Å². The molecule has 1 N–H and O–H groups in total. The highest BCUT2D eigenvalue weighted by atomic mass is 16.5. The van der Waals surface area contributed by atoms with Gasteiger partial charge in [0.1, 0.15) is 5.75 Å². The molecule has 4 rings (SSSR count). The third kappa shape index (κ3) is 2.21. The molecule has 0 saturated carbocycles. The van der Waals surface area contributed by atoms with E-state index < -0.39 is 0 Å². The van der Waals surface area contributed by atoms with E-state index in [2.05, 4.69) is 28.5 Å². The molecule has 0 bridgehead atoms. The number of rotatable bonds is 2. The molecule has 0 aliphatic carbocycles. The van der Waals surface area contributed by atoms with E-state index >= 15 is 0 Å². The monoisotopic (exact) mass is 276 g/mol. The topological polar surface area (TPSA) is 34.1 Å². The Morgan fingerprint density at radius 2 is 1.86 bits per heavy atom. The number of benzene rings is 2. The smallest absolute Gasteiger partial charge is 0.124 e. The van der Waals surface area contributed by atoms with Gasteiger partial charge < -0.3 is 10.1 Å². The Balaban J connectivity index is 1.73. The van der Waals surface area contributed by atoms with Gasteiger partial charge in [-0.2, -0.15) is 0 Å². The maximum absolute atomic E-state index is 5.73. The van der Waals surface area contributed by atoms with E-state index in [-0.39, 0.29) is 6.04 Å². The van der Waals surface area contributed by atoms with Crippen molar-refractivity contribution in [3.63, 3.8) is 0 Å². The second-order valence-electron chi connectivity index (χ2n) is 5.25. The number of nitrogens with zero attached hydrogens (tertiary/aromatic N) is 1. The highest BCUT2D eigenvalue weighted by Crippen LogP contribution is 2.35. The Bertz CT molecular complexity index is 780. The molecule has 1 unspecified atom stereocenters. The standard InChI is InChI=1S/C18H16N2O/c1-3-7-15-13(5-1)16(9-11-19-15)20-17-10-12-21-18-8-4-2-6-14(17)18/h1-9,11,17H,10,12H2,(H,19,20). The van der Waals surface area contributed by atoms with Crippen LogP contribution in [0.2, 0.25) is 0 Å². The van der Waals surface area contributed by atoms with Crippen LogP contribution in [0.3, 0.4) is 0 Å². The Hall–Kier alpha value is -2.55.